The summed E-state index contributed by atoms with van der Waals surface area (Å²) in [6.45, 7) is 2.22. The van der Waals surface area contributed by atoms with E-state index in [-0.39, 0.29) is 0 Å². The minimum Gasteiger partial charge on any atom is -0.264 e. The SMILES string of the molecule is Cc1ccc(S(=O)(=O)NCCc2csc(-c3cccnc3)n2)s1. The molecule has 120 valence electrons. The van der Waals surface area contributed by atoms with Crippen LogP contribution in [0.4, 0.5) is 0 Å². The fourth-order valence-electron chi connectivity index (χ4n) is 1.98. The molecule has 3 aromatic rings. The zero-order valence-corrected chi connectivity index (χ0v) is 14.8. The van der Waals surface area contributed by atoms with Gasteiger partial charge in [0, 0.05) is 41.2 Å². The summed E-state index contributed by atoms with van der Waals surface area (Å²) in [6.07, 6.45) is 4.05. The molecule has 0 bridgehead atoms. The minimum absolute atomic E-state index is 0.329. The zero-order chi connectivity index (χ0) is 16.3. The van der Waals surface area contributed by atoms with E-state index in [0.29, 0.717) is 17.2 Å². The van der Waals surface area contributed by atoms with Gasteiger partial charge in [-0.15, -0.1) is 22.7 Å². The van der Waals surface area contributed by atoms with Crippen LogP contribution < -0.4 is 4.72 Å². The van der Waals surface area contributed by atoms with Crippen LogP contribution in [0.1, 0.15) is 10.6 Å². The summed E-state index contributed by atoms with van der Waals surface area (Å²) < 4.78 is 27.2. The Labute approximate surface area is 143 Å². The number of pyridine rings is 1. The largest absolute Gasteiger partial charge is 0.264 e. The molecular weight excluding hydrogens is 350 g/mol. The Balaban J connectivity index is 1.60. The van der Waals surface area contributed by atoms with Crippen LogP contribution in [-0.2, 0) is 16.4 Å². The molecule has 0 saturated carbocycles. The van der Waals surface area contributed by atoms with Gasteiger partial charge in [0.25, 0.3) is 0 Å². The molecule has 0 unspecified atom stereocenters. The quantitative estimate of drug-likeness (QED) is 0.728. The van der Waals surface area contributed by atoms with Crippen molar-refractivity contribution in [3.8, 4) is 10.6 Å². The van der Waals surface area contributed by atoms with Crippen LogP contribution in [0.2, 0.25) is 0 Å². The number of nitrogens with one attached hydrogen (secondary N) is 1. The molecule has 1 N–H and O–H groups in total. The molecule has 0 fully saturated rings. The molecule has 0 spiro atoms. The van der Waals surface area contributed by atoms with Crippen molar-refractivity contribution < 1.29 is 8.42 Å². The van der Waals surface area contributed by atoms with Gasteiger partial charge >= 0.3 is 0 Å². The molecule has 0 aromatic carbocycles. The van der Waals surface area contributed by atoms with Crippen molar-refractivity contribution in [2.75, 3.05) is 6.54 Å². The van der Waals surface area contributed by atoms with Gasteiger partial charge in [-0.3, -0.25) is 4.98 Å². The predicted octanol–water partition coefficient (Wildman–Crippen LogP) is 3.10. The topological polar surface area (TPSA) is 72.0 Å². The maximum absolute atomic E-state index is 12.1. The first-order chi connectivity index (χ1) is 11.0. The fourth-order valence-corrected chi connectivity index (χ4v) is 5.19. The molecule has 0 radical (unpaired) electrons. The Kier molecular flexibility index (Phi) is 4.86. The third-order valence-corrected chi connectivity index (χ3v) is 7.01. The van der Waals surface area contributed by atoms with Gasteiger partial charge < -0.3 is 0 Å². The molecule has 0 aliphatic carbocycles. The number of thiophene rings is 1. The van der Waals surface area contributed by atoms with Crippen molar-refractivity contribution in [1.29, 1.82) is 0 Å². The Morgan fingerprint density at radius 1 is 1.26 bits per heavy atom. The van der Waals surface area contributed by atoms with E-state index in [2.05, 4.69) is 14.7 Å². The van der Waals surface area contributed by atoms with Crippen LogP contribution >= 0.6 is 22.7 Å². The van der Waals surface area contributed by atoms with Crippen molar-refractivity contribution in [2.24, 2.45) is 0 Å². The molecule has 23 heavy (non-hydrogen) atoms. The van der Waals surface area contributed by atoms with Crippen molar-refractivity contribution in [3.63, 3.8) is 0 Å². The Hall–Kier alpha value is -1.61. The Morgan fingerprint density at radius 3 is 2.83 bits per heavy atom. The van der Waals surface area contributed by atoms with E-state index >= 15 is 0 Å². The summed E-state index contributed by atoms with van der Waals surface area (Å²) in [4.78, 5) is 9.58. The van der Waals surface area contributed by atoms with E-state index in [1.807, 2.05) is 24.4 Å². The van der Waals surface area contributed by atoms with E-state index in [9.17, 15) is 8.42 Å². The second-order valence-corrected chi connectivity index (χ2v) is 9.04. The molecule has 8 heteroatoms. The van der Waals surface area contributed by atoms with E-state index in [1.165, 1.54) is 22.7 Å². The summed E-state index contributed by atoms with van der Waals surface area (Å²) >= 11 is 2.81. The smallest absolute Gasteiger partial charge is 0.250 e. The van der Waals surface area contributed by atoms with Gasteiger partial charge in [-0.25, -0.2) is 18.1 Å². The van der Waals surface area contributed by atoms with Gasteiger partial charge in [0.15, 0.2) is 0 Å². The number of rotatable bonds is 6. The number of aryl methyl sites for hydroxylation is 1. The Morgan fingerprint density at radius 2 is 2.13 bits per heavy atom. The fraction of sp³-hybridized carbons (Fsp3) is 0.200. The van der Waals surface area contributed by atoms with Crippen LogP contribution in [0, 0.1) is 6.92 Å². The lowest BCUT2D eigenvalue weighted by Crippen LogP contribution is -2.25. The molecule has 0 saturated heterocycles. The maximum atomic E-state index is 12.1. The number of thiazole rings is 1. The number of nitrogens with zero attached hydrogens (tertiary/aromatic N) is 2. The molecule has 0 atom stereocenters. The van der Waals surface area contributed by atoms with Crippen molar-refractivity contribution in [1.82, 2.24) is 14.7 Å². The third kappa shape index (κ3) is 4.03. The highest BCUT2D eigenvalue weighted by Gasteiger charge is 2.15. The predicted molar refractivity (Wildman–Crippen MR) is 93.3 cm³/mol. The molecule has 3 aromatic heterocycles. The van der Waals surface area contributed by atoms with Gasteiger partial charge in [-0.2, -0.15) is 0 Å². The van der Waals surface area contributed by atoms with Crippen LogP contribution in [0.25, 0.3) is 10.6 Å². The average Bonchev–Trinajstić information content (AvgIpc) is 3.17. The Bertz CT molecular complexity index is 886. The van der Waals surface area contributed by atoms with E-state index in [1.54, 1.807) is 24.5 Å². The average molecular weight is 366 g/mol. The number of sulfonamides is 1. The van der Waals surface area contributed by atoms with E-state index in [0.717, 1.165) is 21.1 Å². The van der Waals surface area contributed by atoms with Crippen molar-refractivity contribution >= 4 is 32.7 Å². The van der Waals surface area contributed by atoms with Gasteiger partial charge in [0.05, 0.1) is 5.69 Å². The first-order valence-electron chi connectivity index (χ1n) is 6.95. The summed E-state index contributed by atoms with van der Waals surface area (Å²) in [5.41, 5.74) is 1.84. The summed E-state index contributed by atoms with van der Waals surface area (Å²) in [7, 11) is -3.42. The van der Waals surface area contributed by atoms with Crippen molar-refractivity contribution in [3.05, 3.63) is 52.6 Å². The molecule has 3 rings (SSSR count). The standard InChI is InChI=1S/C15H15N3O2S3/c1-11-4-5-14(22-11)23(19,20)17-8-6-13-10-21-15(18-13)12-3-2-7-16-9-12/h2-5,7,9-10,17H,6,8H2,1H3. The van der Waals surface area contributed by atoms with Crippen molar-refractivity contribution in [2.45, 2.75) is 17.6 Å². The van der Waals surface area contributed by atoms with Crippen LogP contribution in [0.15, 0.2) is 46.2 Å². The minimum atomic E-state index is -3.42. The van der Waals surface area contributed by atoms with Crippen LogP contribution in [-0.4, -0.2) is 24.9 Å². The second kappa shape index (κ2) is 6.88. The summed E-state index contributed by atoms with van der Waals surface area (Å²) in [6, 6.07) is 7.26. The number of hydrogen-bond donors (Lipinski definition) is 1. The lowest BCUT2D eigenvalue weighted by molar-refractivity contribution is 0.583. The number of hydrogen-bond acceptors (Lipinski definition) is 6. The summed E-state index contributed by atoms with van der Waals surface area (Å²) in [5.74, 6) is 0. The van der Waals surface area contributed by atoms with E-state index in [4.69, 9.17) is 0 Å². The lowest BCUT2D eigenvalue weighted by Gasteiger charge is -2.03. The van der Waals surface area contributed by atoms with Gasteiger partial charge in [0.2, 0.25) is 10.0 Å². The molecule has 0 amide bonds. The highest BCUT2D eigenvalue weighted by molar-refractivity contribution is 7.91. The normalized spacial score (nSPS) is 11.7. The molecular formula is C15H15N3O2S3. The zero-order valence-electron chi connectivity index (χ0n) is 12.4. The first kappa shape index (κ1) is 16.3. The number of aromatic nitrogens is 2. The van der Waals surface area contributed by atoms with Crippen LogP contribution in [0.5, 0.6) is 0 Å². The third-order valence-electron chi connectivity index (χ3n) is 3.11. The molecule has 5 nitrogen and oxygen atoms in total. The van der Waals surface area contributed by atoms with Gasteiger partial charge in [-0.1, -0.05) is 0 Å². The van der Waals surface area contributed by atoms with Crippen LogP contribution in [0.3, 0.4) is 0 Å². The highest BCUT2D eigenvalue weighted by Crippen LogP contribution is 2.23. The van der Waals surface area contributed by atoms with Gasteiger partial charge in [0.1, 0.15) is 9.22 Å². The second-order valence-electron chi connectivity index (χ2n) is 4.90. The molecule has 3 heterocycles. The molecule has 0 aliphatic rings. The lowest BCUT2D eigenvalue weighted by atomic mass is 10.3. The monoisotopic (exact) mass is 365 g/mol. The van der Waals surface area contributed by atoms with E-state index < -0.39 is 10.0 Å². The molecule has 0 aliphatic heterocycles. The first-order valence-corrected chi connectivity index (χ1v) is 10.1. The maximum Gasteiger partial charge on any atom is 0.250 e. The highest BCUT2D eigenvalue weighted by atomic mass is 32.2. The summed E-state index contributed by atoms with van der Waals surface area (Å²) in [5, 5.41) is 2.84. The van der Waals surface area contributed by atoms with Gasteiger partial charge in [-0.05, 0) is 31.2 Å².